The summed E-state index contributed by atoms with van der Waals surface area (Å²) in [6.07, 6.45) is 5.94. The van der Waals surface area contributed by atoms with Crippen LogP contribution in [0.3, 0.4) is 0 Å². The molecule has 1 N–H and O–H groups in total. The maximum Gasteiger partial charge on any atom is 0.249 e. The summed E-state index contributed by atoms with van der Waals surface area (Å²) in [7, 11) is 0. The molecule has 6 heteroatoms. The van der Waals surface area contributed by atoms with E-state index >= 15 is 0 Å². The first-order chi connectivity index (χ1) is 9.63. The molecule has 1 unspecified atom stereocenters. The molecular weight excluding hydrogens is 274 g/mol. The molecule has 1 fully saturated rings. The van der Waals surface area contributed by atoms with Gasteiger partial charge in [0.25, 0.3) is 0 Å². The predicted octanol–water partition coefficient (Wildman–Crippen LogP) is 2.43. The lowest BCUT2D eigenvalue weighted by molar-refractivity contribution is -0.133. The van der Waals surface area contributed by atoms with E-state index in [0.29, 0.717) is 23.7 Å². The van der Waals surface area contributed by atoms with E-state index < -0.39 is 0 Å². The fraction of sp³-hybridized carbons (Fsp3) is 0.500. The van der Waals surface area contributed by atoms with E-state index in [1.807, 2.05) is 13.0 Å². The van der Waals surface area contributed by atoms with Crippen molar-refractivity contribution < 1.29 is 9.59 Å². The summed E-state index contributed by atoms with van der Waals surface area (Å²) in [4.78, 5) is 30.3. The number of thiazole rings is 1. The summed E-state index contributed by atoms with van der Waals surface area (Å²) >= 11 is 1.38. The van der Waals surface area contributed by atoms with Gasteiger partial charge in [0.05, 0.1) is 0 Å². The Kier molecular flexibility index (Phi) is 4.89. The summed E-state index contributed by atoms with van der Waals surface area (Å²) in [6.45, 7) is 4.44. The van der Waals surface area contributed by atoms with Gasteiger partial charge in [-0.25, -0.2) is 4.98 Å². The Morgan fingerprint density at radius 3 is 3.05 bits per heavy atom. The highest BCUT2D eigenvalue weighted by Crippen LogP contribution is 2.22. The van der Waals surface area contributed by atoms with Gasteiger partial charge in [-0.2, -0.15) is 0 Å². The van der Waals surface area contributed by atoms with Crippen LogP contribution in [0.1, 0.15) is 33.1 Å². The van der Waals surface area contributed by atoms with Crippen molar-refractivity contribution in [3.63, 3.8) is 0 Å². The van der Waals surface area contributed by atoms with E-state index in [1.165, 1.54) is 11.3 Å². The summed E-state index contributed by atoms with van der Waals surface area (Å²) in [5.74, 6) is -0.182. The van der Waals surface area contributed by atoms with Gasteiger partial charge in [0.15, 0.2) is 5.13 Å². The maximum atomic E-state index is 12.3. The van der Waals surface area contributed by atoms with Crippen LogP contribution in [0.2, 0.25) is 0 Å². The number of amides is 2. The molecule has 2 rings (SSSR count). The smallest absolute Gasteiger partial charge is 0.249 e. The van der Waals surface area contributed by atoms with Gasteiger partial charge in [-0.3, -0.25) is 9.59 Å². The molecule has 2 amide bonds. The molecule has 0 radical (unpaired) electrons. The molecule has 5 nitrogen and oxygen atoms in total. The van der Waals surface area contributed by atoms with Crippen molar-refractivity contribution in [1.82, 2.24) is 9.88 Å². The lowest BCUT2D eigenvalue weighted by atomic mass is 10.1. The van der Waals surface area contributed by atoms with Crippen LogP contribution in [0.5, 0.6) is 0 Å². The molecule has 2 heterocycles. The minimum atomic E-state index is -0.383. The zero-order valence-electron chi connectivity index (χ0n) is 11.8. The van der Waals surface area contributed by atoms with Crippen molar-refractivity contribution in [2.75, 3.05) is 11.9 Å². The van der Waals surface area contributed by atoms with E-state index in [4.69, 9.17) is 0 Å². The second kappa shape index (κ2) is 6.65. The molecule has 0 bridgehead atoms. The van der Waals surface area contributed by atoms with Crippen LogP contribution in [-0.4, -0.2) is 34.3 Å². The monoisotopic (exact) mass is 293 g/mol. The van der Waals surface area contributed by atoms with Crippen LogP contribution in [0, 0.1) is 0 Å². The number of nitrogens with zero attached hydrogens (tertiary/aromatic N) is 2. The first-order valence-corrected chi connectivity index (χ1v) is 7.69. The standard InChI is InChI=1S/C14H19N3O2S/c1-3-5-10(2)13(19)17-8-4-6-11(17)12(18)16-14-15-7-9-20-14/h5,7,9,11H,3-4,6,8H2,1-2H3,(H,15,16,18). The molecule has 1 aromatic heterocycles. The Bertz CT molecular complexity index is 510. The molecule has 0 aromatic carbocycles. The quantitative estimate of drug-likeness (QED) is 0.867. The molecule has 0 saturated carbocycles. The third-order valence-electron chi connectivity index (χ3n) is 3.33. The number of aromatic nitrogens is 1. The van der Waals surface area contributed by atoms with Gasteiger partial charge in [0.1, 0.15) is 6.04 Å². The average molecular weight is 293 g/mol. The van der Waals surface area contributed by atoms with Crippen molar-refractivity contribution in [2.45, 2.75) is 39.2 Å². The molecule has 0 spiro atoms. The van der Waals surface area contributed by atoms with Gasteiger partial charge in [0.2, 0.25) is 11.8 Å². The largest absolute Gasteiger partial charge is 0.327 e. The van der Waals surface area contributed by atoms with E-state index in [9.17, 15) is 9.59 Å². The van der Waals surface area contributed by atoms with Gasteiger partial charge in [-0.1, -0.05) is 13.0 Å². The zero-order chi connectivity index (χ0) is 14.5. The molecule has 1 aliphatic rings. The second-order valence-corrected chi connectivity index (χ2v) is 5.67. The first-order valence-electron chi connectivity index (χ1n) is 6.81. The Labute approximate surface area is 122 Å². The minimum absolute atomic E-state index is 0.0383. The number of rotatable bonds is 4. The Hall–Kier alpha value is -1.69. The summed E-state index contributed by atoms with van der Waals surface area (Å²) < 4.78 is 0. The van der Waals surface area contributed by atoms with Crippen LogP contribution in [0.25, 0.3) is 0 Å². The average Bonchev–Trinajstić information content (AvgIpc) is 3.08. The predicted molar refractivity (Wildman–Crippen MR) is 79.5 cm³/mol. The van der Waals surface area contributed by atoms with Crippen LogP contribution in [0.4, 0.5) is 5.13 Å². The Morgan fingerprint density at radius 2 is 2.40 bits per heavy atom. The molecule has 108 valence electrons. The van der Waals surface area contributed by atoms with Gasteiger partial charge in [-0.15, -0.1) is 11.3 Å². The summed E-state index contributed by atoms with van der Waals surface area (Å²) in [5.41, 5.74) is 0.710. The van der Waals surface area contributed by atoms with Crippen molar-refractivity contribution in [1.29, 1.82) is 0 Å². The first kappa shape index (κ1) is 14.7. The van der Waals surface area contributed by atoms with Crippen molar-refractivity contribution in [3.8, 4) is 0 Å². The normalized spacial score (nSPS) is 19.2. The Morgan fingerprint density at radius 1 is 1.60 bits per heavy atom. The van der Waals surface area contributed by atoms with Crippen LogP contribution in [-0.2, 0) is 9.59 Å². The molecule has 1 saturated heterocycles. The summed E-state index contributed by atoms with van der Waals surface area (Å²) in [5, 5.41) is 5.16. The minimum Gasteiger partial charge on any atom is -0.327 e. The number of hydrogen-bond acceptors (Lipinski definition) is 4. The van der Waals surface area contributed by atoms with Crippen LogP contribution < -0.4 is 5.32 Å². The lowest BCUT2D eigenvalue weighted by Crippen LogP contribution is -2.43. The number of carbonyl (C=O) groups excluding carboxylic acids is 2. The zero-order valence-corrected chi connectivity index (χ0v) is 12.6. The van der Waals surface area contributed by atoms with Crippen LogP contribution in [0.15, 0.2) is 23.2 Å². The molecule has 1 aromatic rings. The number of carbonyl (C=O) groups is 2. The fourth-order valence-corrected chi connectivity index (χ4v) is 2.91. The molecule has 1 atom stereocenters. The van der Waals surface area contributed by atoms with Crippen LogP contribution >= 0.6 is 11.3 Å². The maximum absolute atomic E-state index is 12.3. The number of likely N-dealkylation sites (tertiary alicyclic amines) is 1. The Balaban J connectivity index is 2.05. The van der Waals surface area contributed by atoms with Gasteiger partial charge < -0.3 is 10.2 Å². The van der Waals surface area contributed by atoms with Gasteiger partial charge in [-0.05, 0) is 26.2 Å². The number of nitrogens with one attached hydrogen (secondary N) is 1. The third-order valence-corrected chi connectivity index (χ3v) is 4.01. The van der Waals surface area contributed by atoms with Gasteiger partial charge in [0, 0.05) is 23.7 Å². The van der Waals surface area contributed by atoms with Crippen molar-refractivity contribution >= 4 is 28.3 Å². The van der Waals surface area contributed by atoms with E-state index in [2.05, 4.69) is 10.3 Å². The molecule has 1 aliphatic heterocycles. The van der Waals surface area contributed by atoms with Crippen molar-refractivity contribution in [3.05, 3.63) is 23.2 Å². The number of allylic oxidation sites excluding steroid dienone is 1. The number of anilines is 1. The van der Waals surface area contributed by atoms with E-state index in [0.717, 1.165) is 12.8 Å². The number of hydrogen-bond donors (Lipinski definition) is 1. The molecular formula is C14H19N3O2S. The summed E-state index contributed by atoms with van der Waals surface area (Å²) in [6, 6.07) is -0.383. The third kappa shape index (κ3) is 3.25. The SMILES string of the molecule is CCC=C(C)C(=O)N1CCCC1C(=O)Nc1nccs1. The highest BCUT2D eigenvalue weighted by atomic mass is 32.1. The molecule has 20 heavy (non-hydrogen) atoms. The van der Waals surface area contributed by atoms with Gasteiger partial charge >= 0.3 is 0 Å². The lowest BCUT2D eigenvalue weighted by Gasteiger charge is -2.23. The van der Waals surface area contributed by atoms with Crippen molar-refractivity contribution in [2.24, 2.45) is 0 Å². The van der Waals surface area contributed by atoms with E-state index in [-0.39, 0.29) is 17.9 Å². The molecule has 0 aliphatic carbocycles. The second-order valence-electron chi connectivity index (χ2n) is 4.78. The van der Waals surface area contributed by atoms with E-state index in [1.54, 1.807) is 23.4 Å². The topological polar surface area (TPSA) is 62.3 Å². The fourth-order valence-electron chi connectivity index (χ4n) is 2.38. The highest BCUT2D eigenvalue weighted by molar-refractivity contribution is 7.13. The highest BCUT2D eigenvalue weighted by Gasteiger charge is 2.34.